The number of hydrogen-bond donors (Lipinski definition) is 2. The quantitative estimate of drug-likeness (QED) is 0.313. The van der Waals surface area contributed by atoms with E-state index < -0.39 is 0 Å². The van der Waals surface area contributed by atoms with E-state index in [4.69, 9.17) is 14.8 Å². The molecule has 3 heterocycles. The minimum absolute atomic E-state index is 0.132. The normalized spacial score (nSPS) is 16.7. The third kappa shape index (κ3) is 6.27. The van der Waals surface area contributed by atoms with Gasteiger partial charge in [-0.2, -0.15) is 5.10 Å². The van der Waals surface area contributed by atoms with Crippen molar-refractivity contribution < 1.29 is 9.53 Å². The van der Waals surface area contributed by atoms with E-state index >= 15 is 0 Å². The number of benzene rings is 2. The van der Waals surface area contributed by atoms with Crippen LogP contribution in [0.15, 0.2) is 94.9 Å². The van der Waals surface area contributed by atoms with Gasteiger partial charge in [-0.25, -0.2) is 4.99 Å². The molecule has 45 heavy (non-hydrogen) atoms. The van der Waals surface area contributed by atoms with Crippen LogP contribution >= 0.6 is 0 Å². The zero-order chi connectivity index (χ0) is 31.5. The number of hydrogen-bond acceptors (Lipinski definition) is 6. The van der Waals surface area contributed by atoms with Gasteiger partial charge in [-0.1, -0.05) is 48.1 Å². The lowest BCUT2D eigenvalue weighted by atomic mass is 9.86. The smallest absolute Gasteiger partial charge is 0.251 e. The molecule has 2 aromatic carbocycles. The fourth-order valence-electron chi connectivity index (χ4n) is 6.09. The molecule has 0 radical (unpaired) electrons. The molecule has 2 N–H and O–H groups in total. The number of aryl methyl sites for hydroxylation is 2. The van der Waals surface area contributed by atoms with E-state index in [0.29, 0.717) is 23.7 Å². The maximum absolute atomic E-state index is 12.3. The summed E-state index contributed by atoms with van der Waals surface area (Å²) in [5, 5.41) is 11.1. The molecule has 2 aliphatic heterocycles. The number of allylic oxidation sites excluding steroid dienone is 7. The van der Waals surface area contributed by atoms with E-state index in [1.165, 1.54) is 27.8 Å². The minimum Gasteiger partial charge on any atom is -0.495 e. The number of fused-ring (bicyclic) bond motifs is 2. The number of nitrogens with one attached hydrogen (secondary N) is 2. The molecular formula is C37H40N6O2. The van der Waals surface area contributed by atoms with E-state index in [-0.39, 0.29) is 5.91 Å². The van der Waals surface area contributed by atoms with Gasteiger partial charge in [0.2, 0.25) is 0 Å². The Labute approximate surface area is 265 Å². The van der Waals surface area contributed by atoms with Crippen LogP contribution in [0.25, 0.3) is 22.4 Å². The Hall–Kier alpha value is -5.11. The lowest BCUT2D eigenvalue weighted by molar-refractivity contribution is 0.0955. The standard InChI is InChI=1S/C37H40N6O2/c1-6-38-37(44)27-14-16-31(33(21-27)45-5)40-34-9-7-8-30-28(22-39-34)15-17-32-35(30)36(43(4)41-32)26-12-10-25(11-13-26)29-20-24(2)18-19-42(3)23-29/h7-14,16,20-23H,6,15,17-19H2,1-5H3,(H,38,44)(H,39,40). The molecule has 0 saturated carbocycles. The van der Waals surface area contributed by atoms with Crippen molar-refractivity contribution in [2.24, 2.45) is 12.0 Å². The first-order valence-electron chi connectivity index (χ1n) is 15.5. The minimum atomic E-state index is -0.132. The van der Waals surface area contributed by atoms with Gasteiger partial charge in [0, 0.05) is 56.3 Å². The zero-order valence-corrected chi connectivity index (χ0v) is 26.6. The third-order valence-electron chi connectivity index (χ3n) is 8.42. The van der Waals surface area contributed by atoms with Crippen LogP contribution in [0.1, 0.15) is 53.9 Å². The maximum atomic E-state index is 12.3. The highest BCUT2D eigenvalue weighted by atomic mass is 16.5. The lowest BCUT2D eigenvalue weighted by Gasteiger charge is -2.19. The topological polar surface area (TPSA) is 83.8 Å². The second-order valence-electron chi connectivity index (χ2n) is 11.7. The van der Waals surface area contributed by atoms with Crippen LogP contribution in [0.4, 0.5) is 5.69 Å². The Bertz CT molecular complexity index is 1820. The first-order chi connectivity index (χ1) is 21.8. The molecule has 0 fully saturated rings. The first kappa shape index (κ1) is 29.9. The van der Waals surface area contributed by atoms with Gasteiger partial charge in [0.25, 0.3) is 5.91 Å². The number of carbonyl (C=O) groups is 1. The highest BCUT2D eigenvalue weighted by molar-refractivity contribution is 6.00. The maximum Gasteiger partial charge on any atom is 0.251 e. The summed E-state index contributed by atoms with van der Waals surface area (Å²) in [4.78, 5) is 19.4. The number of nitrogens with zero attached hydrogens (tertiary/aromatic N) is 4. The number of methoxy groups -OCH3 is 1. The fourth-order valence-corrected chi connectivity index (χ4v) is 6.09. The number of amides is 1. The molecule has 0 unspecified atom stereocenters. The highest BCUT2D eigenvalue weighted by Gasteiger charge is 2.26. The average molecular weight is 601 g/mol. The van der Waals surface area contributed by atoms with Gasteiger partial charge in [-0.15, -0.1) is 0 Å². The molecule has 8 heteroatoms. The van der Waals surface area contributed by atoms with Crippen molar-refractivity contribution in [2.75, 3.05) is 32.6 Å². The summed E-state index contributed by atoms with van der Waals surface area (Å²) in [6.07, 6.45) is 15.4. The molecule has 3 aliphatic rings. The van der Waals surface area contributed by atoms with E-state index in [9.17, 15) is 4.79 Å². The summed E-state index contributed by atoms with van der Waals surface area (Å²) in [5.74, 6) is 1.12. The monoisotopic (exact) mass is 600 g/mol. The zero-order valence-electron chi connectivity index (χ0n) is 26.6. The molecule has 0 saturated heterocycles. The van der Waals surface area contributed by atoms with E-state index in [1.807, 2.05) is 43.1 Å². The van der Waals surface area contributed by atoms with E-state index in [1.54, 1.807) is 19.2 Å². The second-order valence-corrected chi connectivity index (χ2v) is 11.7. The van der Waals surface area contributed by atoms with Crippen molar-refractivity contribution in [3.05, 3.63) is 112 Å². The van der Waals surface area contributed by atoms with Crippen LogP contribution < -0.4 is 15.4 Å². The van der Waals surface area contributed by atoms with Crippen LogP contribution in [-0.4, -0.2) is 54.0 Å². The molecular weight excluding hydrogens is 560 g/mol. The Morgan fingerprint density at radius 3 is 2.62 bits per heavy atom. The predicted molar refractivity (Wildman–Crippen MR) is 183 cm³/mol. The molecule has 0 atom stereocenters. The van der Waals surface area contributed by atoms with Crippen molar-refractivity contribution in [1.29, 1.82) is 0 Å². The van der Waals surface area contributed by atoms with E-state index in [2.05, 4.69) is 72.1 Å². The third-order valence-corrected chi connectivity index (χ3v) is 8.42. The predicted octanol–water partition coefficient (Wildman–Crippen LogP) is 6.76. The SMILES string of the molecule is CCNC(=O)c1ccc(NC2=C/C=C/C3=C(C=N2)CCc2nn(C)c(-c4ccc(C5=CN(C)CCC(C)=C5)cc4)c23)c(OC)c1. The molecule has 0 spiro atoms. The van der Waals surface area contributed by atoms with Crippen molar-refractivity contribution in [1.82, 2.24) is 20.0 Å². The Kier molecular flexibility index (Phi) is 8.56. The number of aromatic nitrogens is 2. The van der Waals surface area contributed by atoms with Gasteiger partial charge in [0.15, 0.2) is 0 Å². The molecule has 1 aliphatic carbocycles. The molecule has 230 valence electrons. The van der Waals surface area contributed by atoms with Crippen LogP contribution in [0.2, 0.25) is 0 Å². The summed E-state index contributed by atoms with van der Waals surface area (Å²) < 4.78 is 7.60. The molecule has 8 nitrogen and oxygen atoms in total. The molecule has 6 rings (SSSR count). The summed E-state index contributed by atoms with van der Waals surface area (Å²) in [5.41, 5.74) is 12.0. The highest BCUT2D eigenvalue weighted by Crippen LogP contribution is 2.39. The largest absolute Gasteiger partial charge is 0.495 e. The molecule has 3 aromatic rings. The number of aliphatic imine (C=N–C) groups is 1. The summed E-state index contributed by atoms with van der Waals surface area (Å²) in [6.45, 7) is 5.70. The second kappa shape index (κ2) is 12.9. The van der Waals surface area contributed by atoms with Crippen molar-refractivity contribution in [2.45, 2.75) is 33.1 Å². The number of ether oxygens (including phenoxy) is 1. The van der Waals surface area contributed by atoms with Crippen molar-refractivity contribution >= 4 is 29.0 Å². The lowest BCUT2D eigenvalue weighted by Crippen LogP contribution is -2.22. The summed E-state index contributed by atoms with van der Waals surface area (Å²) >= 11 is 0. The number of anilines is 1. The average Bonchev–Trinajstić information content (AvgIpc) is 3.26. The number of carbonyl (C=O) groups excluding carboxylic acids is 1. The number of rotatable bonds is 7. The fraction of sp³-hybridized carbons (Fsp3) is 0.270. The molecule has 0 bridgehead atoms. The summed E-state index contributed by atoms with van der Waals surface area (Å²) in [6, 6.07) is 14.2. The van der Waals surface area contributed by atoms with Crippen LogP contribution in [-0.2, 0) is 13.5 Å². The van der Waals surface area contributed by atoms with Crippen LogP contribution in [0.3, 0.4) is 0 Å². The van der Waals surface area contributed by atoms with Crippen LogP contribution in [0, 0.1) is 0 Å². The van der Waals surface area contributed by atoms with Gasteiger partial charge in [0.1, 0.15) is 11.6 Å². The van der Waals surface area contributed by atoms with Gasteiger partial charge >= 0.3 is 0 Å². The van der Waals surface area contributed by atoms with Gasteiger partial charge < -0.3 is 20.3 Å². The van der Waals surface area contributed by atoms with E-state index in [0.717, 1.165) is 54.0 Å². The van der Waals surface area contributed by atoms with Gasteiger partial charge in [-0.3, -0.25) is 9.48 Å². The van der Waals surface area contributed by atoms with Crippen molar-refractivity contribution in [3.8, 4) is 17.0 Å². The first-order valence-corrected chi connectivity index (χ1v) is 15.5. The Morgan fingerprint density at radius 1 is 1.04 bits per heavy atom. The van der Waals surface area contributed by atoms with Crippen molar-refractivity contribution in [3.63, 3.8) is 0 Å². The Balaban J connectivity index is 1.27. The summed E-state index contributed by atoms with van der Waals surface area (Å²) in [7, 11) is 5.76. The molecule has 1 aromatic heterocycles. The van der Waals surface area contributed by atoms with Crippen LogP contribution in [0.5, 0.6) is 5.75 Å². The van der Waals surface area contributed by atoms with Gasteiger partial charge in [0.05, 0.1) is 24.2 Å². The Morgan fingerprint density at radius 2 is 1.84 bits per heavy atom. The van der Waals surface area contributed by atoms with Gasteiger partial charge in [-0.05, 0) is 79.7 Å². The molecule has 1 amide bonds.